The minimum absolute atomic E-state index is 0.657. The first-order chi connectivity index (χ1) is 5.80. The van der Waals surface area contributed by atoms with Crippen molar-refractivity contribution in [3.63, 3.8) is 0 Å². The van der Waals surface area contributed by atoms with E-state index < -0.39 is 17.9 Å². The van der Waals surface area contributed by atoms with Crippen LogP contribution in [0.2, 0.25) is 10.5 Å². The summed E-state index contributed by atoms with van der Waals surface area (Å²) >= 11 is 8.62. The normalized spacial score (nSPS) is 12.0. The summed E-state index contributed by atoms with van der Waals surface area (Å²) in [6, 6.07) is 0. The summed E-state index contributed by atoms with van der Waals surface area (Å²) in [6.07, 6.45) is 10.9. The Bertz CT molecular complexity index is 139. The van der Waals surface area contributed by atoms with Gasteiger partial charge in [-0.3, -0.25) is 0 Å². The molecule has 0 spiro atoms. The van der Waals surface area contributed by atoms with Crippen LogP contribution in [0.1, 0.15) is 6.42 Å². The average Bonchev–Trinajstić information content (AvgIpc) is 2.64. The van der Waals surface area contributed by atoms with Gasteiger partial charge in [-0.25, -0.2) is 0 Å². The second kappa shape index (κ2) is 11.8. The second-order valence-electron chi connectivity index (χ2n) is 2.32. The minimum atomic E-state index is -0.657. The molecule has 0 radical (unpaired) electrons. The summed E-state index contributed by atoms with van der Waals surface area (Å²) in [5.41, 5.74) is 0. The van der Waals surface area contributed by atoms with E-state index >= 15 is 0 Å². The van der Waals surface area contributed by atoms with Gasteiger partial charge in [-0.1, -0.05) is 0 Å². The van der Waals surface area contributed by atoms with E-state index in [9.17, 15) is 0 Å². The summed E-state index contributed by atoms with van der Waals surface area (Å²) in [5, 5.41) is 4.80. The van der Waals surface area contributed by atoms with E-state index in [1.165, 1.54) is 19.2 Å². The Morgan fingerprint density at radius 1 is 1.17 bits per heavy atom. The molecule has 0 aromatic heterocycles. The van der Waals surface area contributed by atoms with Gasteiger partial charge >= 0.3 is 56.9 Å². The Morgan fingerprint density at radius 2 is 1.67 bits per heavy atom. The Labute approximate surface area is 92.5 Å². The molecular formula is C9H17Cl2Ti. The molecule has 0 fully saturated rings. The first-order valence-corrected chi connectivity index (χ1v) is 9.14. The molecule has 0 bridgehead atoms. The van der Waals surface area contributed by atoms with Gasteiger partial charge in [0.05, 0.1) is 0 Å². The SMILES string of the molecule is CCl.CCl.[CH3][Ti]([CH3])[C]1=CC=CC1. The first kappa shape index (κ1) is 15.3. The maximum atomic E-state index is 4.64. The van der Waals surface area contributed by atoms with Crippen LogP contribution in [0.5, 0.6) is 0 Å². The standard InChI is InChI=1S/C5H5.2CH3Cl.2CH3.Ti/c1-2-4-5-3-1;2*1-2;;;/h1-3H,4H2;2*1H3;2*1H3;. The summed E-state index contributed by atoms with van der Waals surface area (Å²) < 4.78 is 1.73. The van der Waals surface area contributed by atoms with Crippen molar-refractivity contribution in [2.45, 2.75) is 16.9 Å². The van der Waals surface area contributed by atoms with Crippen LogP contribution in [-0.4, -0.2) is 12.8 Å². The Morgan fingerprint density at radius 3 is 1.83 bits per heavy atom. The number of hydrogen-bond donors (Lipinski definition) is 0. The Kier molecular flexibility index (Phi) is 15.0. The third-order valence-electron chi connectivity index (χ3n) is 1.41. The molecule has 1 rings (SSSR count). The quantitative estimate of drug-likeness (QED) is 0.477. The molecule has 0 heterocycles. The molecule has 0 aromatic rings. The molecule has 71 valence electrons. The molecule has 1 aliphatic rings. The van der Waals surface area contributed by atoms with E-state index in [0.29, 0.717) is 0 Å². The van der Waals surface area contributed by atoms with Crippen molar-refractivity contribution in [2.75, 3.05) is 12.8 Å². The summed E-state index contributed by atoms with van der Waals surface area (Å²) in [7, 11) is 0. The second-order valence-corrected chi connectivity index (χ2v) is 6.45. The zero-order chi connectivity index (χ0) is 9.98. The van der Waals surface area contributed by atoms with Crippen LogP contribution in [0.25, 0.3) is 0 Å². The zero-order valence-corrected chi connectivity index (χ0v) is 11.3. The van der Waals surface area contributed by atoms with Gasteiger partial charge < -0.3 is 0 Å². The van der Waals surface area contributed by atoms with Crippen LogP contribution in [0, 0.1) is 0 Å². The fourth-order valence-electron chi connectivity index (χ4n) is 0.818. The molecule has 0 N–H and O–H groups in total. The van der Waals surface area contributed by atoms with E-state index in [-0.39, 0.29) is 0 Å². The van der Waals surface area contributed by atoms with Crippen molar-refractivity contribution in [3.8, 4) is 0 Å². The molecule has 0 aliphatic heterocycles. The molecule has 0 amide bonds. The Hall–Kier alpha value is 0.774. The fraction of sp³-hybridized carbons (Fsp3) is 0.556. The van der Waals surface area contributed by atoms with Crippen molar-refractivity contribution in [3.05, 3.63) is 22.1 Å². The third kappa shape index (κ3) is 7.42. The number of halogens is 2. The third-order valence-corrected chi connectivity index (χ3v) is 4.00. The molecule has 0 saturated carbocycles. The molecule has 12 heavy (non-hydrogen) atoms. The van der Waals surface area contributed by atoms with E-state index in [2.05, 4.69) is 51.9 Å². The van der Waals surface area contributed by atoms with Gasteiger partial charge in [0.25, 0.3) is 0 Å². The van der Waals surface area contributed by atoms with Crippen LogP contribution < -0.4 is 0 Å². The topological polar surface area (TPSA) is 0 Å². The molecule has 3 heteroatoms. The van der Waals surface area contributed by atoms with Gasteiger partial charge in [0.15, 0.2) is 0 Å². The van der Waals surface area contributed by atoms with Crippen LogP contribution in [-0.2, 0) is 17.9 Å². The number of allylic oxidation sites excluding steroid dienone is 4. The van der Waals surface area contributed by atoms with Gasteiger partial charge in [-0.2, -0.15) is 0 Å². The number of alkyl halides is 2. The summed E-state index contributed by atoms with van der Waals surface area (Å²) in [6.45, 7) is 0. The van der Waals surface area contributed by atoms with Gasteiger partial charge in [0.1, 0.15) is 0 Å². The molecule has 1 aliphatic carbocycles. The Balaban J connectivity index is 0. The number of hydrogen-bond acceptors (Lipinski definition) is 0. The molecule has 0 nitrogen and oxygen atoms in total. The average molecular weight is 244 g/mol. The van der Waals surface area contributed by atoms with Crippen molar-refractivity contribution in [1.29, 1.82) is 0 Å². The molecule has 0 atom stereocenters. The first-order valence-electron chi connectivity index (χ1n) is 3.72. The molecule has 0 aromatic carbocycles. The van der Waals surface area contributed by atoms with Crippen LogP contribution in [0.4, 0.5) is 0 Å². The fourth-order valence-corrected chi connectivity index (χ4v) is 2.31. The molecule has 0 unspecified atom stereocenters. The maximum absolute atomic E-state index is 4.64. The van der Waals surface area contributed by atoms with Crippen LogP contribution in [0.3, 0.4) is 0 Å². The predicted octanol–water partition coefficient (Wildman–Crippen LogP) is 4.25. The predicted molar refractivity (Wildman–Crippen MR) is 57.1 cm³/mol. The summed E-state index contributed by atoms with van der Waals surface area (Å²) in [5.74, 6) is 0. The van der Waals surface area contributed by atoms with Gasteiger partial charge in [-0.05, 0) is 0 Å². The molecule has 0 saturated heterocycles. The molecular weight excluding hydrogens is 227 g/mol. The van der Waals surface area contributed by atoms with Gasteiger partial charge in [0.2, 0.25) is 0 Å². The van der Waals surface area contributed by atoms with Gasteiger partial charge in [0, 0.05) is 12.8 Å². The van der Waals surface area contributed by atoms with E-state index in [1.54, 1.807) is 3.88 Å². The summed E-state index contributed by atoms with van der Waals surface area (Å²) in [4.78, 5) is 0. The van der Waals surface area contributed by atoms with Gasteiger partial charge in [-0.15, -0.1) is 23.2 Å². The monoisotopic (exact) mass is 243 g/mol. The zero-order valence-electron chi connectivity index (χ0n) is 8.20. The van der Waals surface area contributed by atoms with E-state index in [0.717, 1.165) is 0 Å². The van der Waals surface area contributed by atoms with Crippen molar-refractivity contribution < 1.29 is 17.9 Å². The van der Waals surface area contributed by atoms with Crippen LogP contribution in [0.15, 0.2) is 22.1 Å². The van der Waals surface area contributed by atoms with Crippen molar-refractivity contribution in [2.24, 2.45) is 0 Å². The number of rotatable bonds is 1. The van der Waals surface area contributed by atoms with Crippen molar-refractivity contribution in [1.82, 2.24) is 0 Å². The van der Waals surface area contributed by atoms with Crippen molar-refractivity contribution >= 4 is 23.2 Å². The van der Waals surface area contributed by atoms with E-state index in [4.69, 9.17) is 0 Å². The van der Waals surface area contributed by atoms with E-state index in [1.807, 2.05) is 0 Å². The van der Waals surface area contributed by atoms with Crippen LogP contribution >= 0.6 is 23.2 Å².